The standard InChI is InChI=1S/C13H24N2OS/c1-10-4-3-5-12(14-2)13(16)15(10)8-11-6-7-17-9-11/h10-12,14H,3-9H2,1-2H3. The molecule has 3 unspecified atom stereocenters. The fourth-order valence-electron chi connectivity index (χ4n) is 2.86. The summed E-state index contributed by atoms with van der Waals surface area (Å²) < 4.78 is 0. The van der Waals surface area contributed by atoms with Gasteiger partial charge in [0.2, 0.25) is 5.91 Å². The van der Waals surface area contributed by atoms with Crippen molar-refractivity contribution in [3.05, 3.63) is 0 Å². The Morgan fingerprint density at radius 2 is 2.24 bits per heavy atom. The molecule has 0 spiro atoms. The molecule has 1 N–H and O–H groups in total. The molecule has 98 valence electrons. The Kier molecular flexibility index (Phi) is 4.74. The molecule has 1 amide bonds. The van der Waals surface area contributed by atoms with Gasteiger partial charge in [0.15, 0.2) is 0 Å². The number of carbonyl (C=O) groups is 1. The fraction of sp³-hybridized carbons (Fsp3) is 0.923. The summed E-state index contributed by atoms with van der Waals surface area (Å²) in [5.41, 5.74) is 0. The number of hydrogen-bond acceptors (Lipinski definition) is 3. The van der Waals surface area contributed by atoms with Crippen molar-refractivity contribution in [3.63, 3.8) is 0 Å². The molecule has 2 heterocycles. The number of carbonyl (C=O) groups excluding carboxylic acids is 1. The first kappa shape index (κ1) is 13.2. The van der Waals surface area contributed by atoms with Gasteiger partial charge in [0.25, 0.3) is 0 Å². The van der Waals surface area contributed by atoms with Crippen LogP contribution in [0.25, 0.3) is 0 Å². The summed E-state index contributed by atoms with van der Waals surface area (Å²) in [5.74, 6) is 3.56. The van der Waals surface area contributed by atoms with Crippen molar-refractivity contribution >= 4 is 17.7 Å². The quantitative estimate of drug-likeness (QED) is 0.834. The van der Waals surface area contributed by atoms with E-state index in [0.29, 0.717) is 11.9 Å². The van der Waals surface area contributed by atoms with Crippen LogP contribution in [0.5, 0.6) is 0 Å². The van der Waals surface area contributed by atoms with E-state index >= 15 is 0 Å². The number of amides is 1. The molecule has 3 atom stereocenters. The van der Waals surface area contributed by atoms with E-state index < -0.39 is 0 Å². The summed E-state index contributed by atoms with van der Waals surface area (Å²) in [6.07, 6.45) is 4.60. The average Bonchev–Trinajstić information content (AvgIpc) is 2.79. The Hall–Kier alpha value is -0.220. The van der Waals surface area contributed by atoms with Crippen LogP contribution < -0.4 is 5.32 Å². The molecular formula is C13H24N2OS. The molecular weight excluding hydrogens is 232 g/mol. The molecule has 2 aliphatic rings. The lowest BCUT2D eigenvalue weighted by Crippen LogP contribution is -2.48. The molecule has 2 saturated heterocycles. The average molecular weight is 256 g/mol. The maximum absolute atomic E-state index is 12.4. The van der Waals surface area contributed by atoms with Crippen molar-refractivity contribution in [2.24, 2.45) is 5.92 Å². The van der Waals surface area contributed by atoms with Crippen molar-refractivity contribution < 1.29 is 4.79 Å². The Labute approximate surface area is 109 Å². The van der Waals surface area contributed by atoms with Crippen molar-refractivity contribution in [1.82, 2.24) is 10.2 Å². The fourth-order valence-corrected chi connectivity index (χ4v) is 4.13. The van der Waals surface area contributed by atoms with Crippen molar-refractivity contribution in [2.75, 3.05) is 25.1 Å². The number of likely N-dealkylation sites (tertiary alicyclic amines) is 1. The van der Waals surface area contributed by atoms with Crippen LogP contribution in [0.1, 0.15) is 32.6 Å². The zero-order valence-corrected chi connectivity index (χ0v) is 11.8. The zero-order valence-electron chi connectivity index (χ0n) is 10.9. The Balaban J connectivity index is 2.01. The van der Waals surface area contributed by atoms with Gasteiger partial charge in [-0.1, -0.05) is 0 Å². The van der Waals surface area contributed by atoms with Crippen molar-refractivity contribution in [3.8, 4) is 0 Å². The van der Waals surface area contributed by atoms with E-state index in [1.54, 1.807) is 0 Å². The van der Waals surface area contributed by atoms with Crippen LogP contribution in [0.4, 0.5) is 0 Å². The van der Waals surface area contributed by atoms with Crippen LogP contribution >= 0.6 is 11.8 Å². The third-order valence-corrected chi connectivity index (χ3v) is 5.29. The lowest BCUT2D eigenvalue weighted by Gasteiger charge is -2.31. The van der Waals surface area contributed by atoms with Gasteiger partial charge in [0.05, 0.1) is 6.04 Å². The van der Waals surface area contributed by atoms with E-state index in [0.717, 1.165) is 31.7 Å². The normalized spacial score (nSPS) is 35.1. The first-order valence-corrected chi connectivity index (χ1v) is 7.93. The minimum atomic E-state index is 0.0500. The molecule has 0 aromatic rings. The molecule has 2 aliphatic heterocycles. The second-order valence-corrected chi connectivity index (χ2v) is 6.49. The highest BCUT2D eigenvalue weighted by molar-refractivity contribution is 7.99. The number of nitrogens with one attached hydrogen (secondary N) is 1. The van der Waals surface area contributed by atoms with Crippen LogP contribution in [0.15, 0.2) is 0 Å². The molecule has 0 radical (unpaired) electrons. The van der Waals surface area contributed by atoms with E-state index in [1.165, 1.54) is 17.9 Å². The molecule has 0 bridgehead atoms. The number of thioether (sulfide) groups is 1. The molecule has 0 aromatic heterocycles. The summed E-state index contributed by atoms with van der Waals surface area (Å²) in [6, 6.07) is 0.473. The van der Waals surface area contributed by atoms with E-state index in [2.05, 4.69) is 17.1 Å². The summed E-state index contributed by atoms with van der Waals surface area (Å²) in [5, 5.41) is 3.17. The maximum atomic E-state index is 12.4. The van der Waals surface area contributed by atoms with Crippen LogP contribution in [-0.2, 0) is 4.79 Å². The number of rotatable bonds is 3. The number of nitrogens with zero attached hydrogens (tertiary/aromatic N) is 1. The highest BCUT2D eigenvalue weighted by Gasteiger charge is 2.32. The topological polar surface area (TPSA) is 32.3 Å². The van der Waals surface area contributed by atoms with Gasteiger partial charge in [-0.15, -0.1) is 0 Å². The minimum absolute atomic E-state index is 0.0500. The SMILES string of the molecule is CNC1CCCC(C)N(CC2CCSC2)C1=O. The van der Waals surface area contributed by atoms with Crippen LogP contribution in [0.3, 0.4) is 0 Å². The summed E-state index contributed by atoms with van der Waals surface area (Å²) >= 11 is 2.03. The second-order valence-electron chi connectivity index (χ2n) is 5.34. The van der Waals surface area contributed by atoms with Gasteiger partial charge >= 0.3 is 0 Å². The van der Waals surface area contributed by atoms with E-state index in [9.17, 15) is 4.79 Å². The predicted molar refractivity (Wildman–Crippen MR) is 73.3 cm³/mol. The third-order valence-electron chi connectivity index (χ3n) is 4.06. The third kappa shape index (κ3) is 3.16. The van der Waals surface area contributed by atoms with Gasteiger partial charge in [-0.3, -0.25) is 4.79 Å². The van der Waals surface area contributed by atoms with Crippen molar-refractivity contribution in [1.29, 1.82) is 0 Å². The van der Waals surface area contributed by atoms with Gasteiger partial charge in [0, 0.05) is 12.6 Å². The molecule has 4 heteroatoms. The first-order chi connectivity index (χ1) is 8.22. The highest BCUT2D eigenvalue weighted by atomic mass is 32.2. The highest BCUT2D eigenvalue weighted by Crippen LogP contribution is 2.27. The Morgan fingerprint density at radius 1 is 1.41 bits per heavy atom. The van der Waals surface area contributed by atoms with Crippen LogP contribution in [0, 0.1) is 5.92 Å². The predicted octanol–water partition coefficient (Wildman–Crippen LogP) is 1.73. The smallest absolute Gasteiger partial charge is 0.239 e. The summed E-state index contributed by atoms with van der Waals surface area (Å²) in [4.78, 5) is 14.6. The van der Waals surface area contributed by atoms with E-state index in [-0.39, 0.29) is 6.04 Å². The molecule has 17 heavy (non-hydrogen) atoms. The molecule has 0 aliphatic carbocycles. The van der Waals surface area contributed by atoms with Gasteiger partial charge in [-0.2, -0.15) is 11.8 Å². The monoisotopic (exact) mass is 256 g/mol. The lowest BCUT2D eigenvalue weighted by molar-refractivity contribution is -0.135. The number of hydrogen-bond donors (Lipinski definition) is 1. The lowest BCUT2D eigenvalue weighted by atomic mass is 10.1. The van der Waals surface area contributed by atoms with Gasteiger partial charge in [-0.05, 0) is 57.1 Å². The van der Waals surface area contributed by atoms with Gasteiger partial charge in [-0.25, -0.2) is 0 Å². The molecule has 3 nitrogen and oxygen atoms in total. The molecule has 2 fully saturated rings. The van der Waals surface area contributed by atoms with Crippen LogP contribution in [-0.4, -0.2) is 48.0 Å². The molecule has 2 rings (SSSR count). The van der Waals surface area contributed by atoms with Crippen molar-refractivity contribution in [2.45, 2.75) is 44.7 Å². The first-order valence-electron chi connectivity index (χ1n) is 6.78. The van der Waals surface area contributed by atoms with E-state index in [1.807, 2.05) is 18.8 Å². The van der Waals surface area contributed by atoms with E-state index in [4.69, 9.17) is 0 Å². The summed E-state index contributed by atoms with van der Waals surface area (Å²) in [6.45, 7) is 3.18. The molecule has 0 aromatic carbocycles. The minimum Gasteiger partial charge on any atom is -0.338 e. The number of likely N-dealkylation sites (N-methyl/N-ethyl adjacent to an activating group) is 1. The largest absolute Gasteiger partial charge is 0.338 e. The Morgan fingerprint density at radius 3 is 2.88 bits per heavy atom. The molecule has 0 saturated carbocycles. The zero-order chi connectivity index (χ0) is 12.3. The maximum Gasteiger partial charge on any atom is 0.239 e. The second kappa shape index (κ2) is 6.10. The van der Waals surface area contributed by atoms with Gasteiger partial charge < -0.3 is 10.2 Å². The van der Waals surface area contributed by atoms with Crippen LogP contribution in [0.2, 0.25) is 0 Å². The Bertz CT molecular complexity index is 266. The summed E-state index contributed by atoms with van der Waals surface area (Å²) in [7, 11) is 1.90. The van der Waals surface area contributed by atoms with Gasteiger partial charge in [0.1, 0.15) is 0 Å².